The van der Waals surface area contributed by atoms with E-state index in [9.17, 15) is 13.2 Å². The van der Waals surface area contributed by atoms with E-state index in [-0.39, 0.29) is 11.8 Å². The van der Waals surface area contributed by atoms with Crippen LogP contribution in [0.3, 0.4) is 0 Å². The molecular weight excluding hydrogens is 311 g/mol. The van der Waals surface area contributed by atoms with Crippen LogP contribution in [0.1, 0.15) is 25.1 Å². The Labute approximate surface area is 131 Å². The highest BCUT2D eigenvalue weighted by atomic mass is 19.4. The predicted molar refractivity (Wildman–Crippen MR) is 77.3 cm³/mol. The van der Waals surface area contributed by atoms with Crippen LogP contribution in [0.15, 0.2) is 30.5 Å². The normalized spacial score (nSPS) is 12.1. The number of hydrogen-bond acceptors (Lipinski definition) is 5. The lowest BCUT2D eigenvalue weighted by atomic mass is 10.0. The van der Waals surface area contributed by atoms with Gasteiger partial charge in [-0.2, -0.15) is 23.1 Å². The van der Waals surface area contributed by atoms with Gasteiger partial charge in [0.25, 0.3) is 0 Å². The van der Waals surface area contributed by atoms with Gasteiger partial charge in [0.15, 0.2) is 5.75 Å². The van der Waals surface area contributed by atoms with Gasteiger partial charge in [0, 0.05) is 0 Å². The molecule has 23 heavy (non-hydrogen) atoms. The average molecular weight is 327 g/mol. The Morgan fingerprint density at radius 3 is 2.43 bits per heavy atom. The molecule has 0 aliphatic rings. The Kier molecular flexibility index (Phi) is 4.46. The fourth-order valence-electron chi connectivity index (χ4n) is 1.86. The summed E-state index contributed by atoms with van der Waals surface area (Å²) in [5.41, 5.74) is 4.74. The van der Waals surface area contributed by atoms with E-state index in [1.165, 1.54) is 25.4 Å². The van der Waals surface area contributed by atoms with Gasteiger partial charge < -0.3 is 15.2 Å². The maximum Gasteiger partial charge on any atom is 0.416 e. The molecule has 1 aromatic heterocycles. The number of benzene rings is 1. The van der Waals surface area contributed by atoms with Crippen LogP contribution in [0.2, 0.25) is 0 Å². The summed E-state index contributed by atoms with van der Waals surface area (Å²) in [4.78, 5) is 8.05. The van der Waals surface area contributed by atoms with Crippen molar-refractivity contribution in [3.63, 3.8) is 0 Å². The number of alkyl halides is 3. The number of methoxy groups -OCH3 is 1. The summed E-state index contributed by atoms with van der Waals surface area (Å²) in [7, 11) is 1.45. The minimum Gasteiger partial charge on any atom is -0.493 e. The first-order valence-corrected chi connectivity index (χ1v) is 6.67. The summed E-state index contributed by atoms with van der Waals surface area (Å²) in [6.45, 7) is 3.43. The van der Waals surface area contributed by atoms with Gasteiger partial charge in [0.1, 0.15) is 11.4 Å². The molecule has 0 fully saturated rings. The number of halogens is 3. The molecule has 1 aromatic carbocycles. The Bertz CT molecular complexity index is 697. The van der Waals surface area contributed by atoms with Gasteiger partial charge in [0.2, 0.25) is 0 Å². The Morgan fingerprint density at radius 1 is 1.17 bits per heavy atom. The second-order valence-electron chi connectivity index (χ2n) is 5.42. The zero-order valence-electron chi connectivity index (χ0n) is 12.8. The quantitative estimate of drug-likeness (QED) is 0.931. The molecule has 0 aliphatic heterocycles. The monoisotopic (exact) mass is 327 g/mol. The molecule has 2 N–H and O–H groups in total. The molecule has 0 aliphatic carbocycles. The highest BCUT2D eigenvalue weighted by molar-refractivity contribution is 5.34. The molecule has 0 radical (unpaired) electrons. The van der Waals surface area contributed by atoms with Crippen LogP contribution < -0.4 is 15.2 Å². The first-order chi connectivity index (χ1) is 10.6. The molecule has 0 amide bonds. The van der Waals surface area contributed by atoms with E-state index in [0.29, 0.717) is 11.4 Å². The molecule has 8 heteroatoms. The zero-order chi connectivity index (χ0) is 17.3. The zero-order valence-corrected chi connectivity index (χ0v) is 12.8. The van der Waals surface area contributed by atoms with E-state index in [1.54, 1.807) is 13.8 Å². The summed E-state index contributed by atoms with van der Waals surface area (Å²) in [6.07, 6.45) is -3.09. The molecule has 0 bridgehead atoms. The molecule has 0 saturated heterocycles. The van der Waals surface area contributed by atoms with Crippen molar-refractivity contribution in [3.8, 4) is 17.5 Å². The summed E-state index contributed by atoms with van der Waals surface area (Å²) in [5, 5.41) is 0. The number of nitrogens with two attached hydrogens (primary N) is 1. The van der Waals surface area contributed by atoms with Gasteiger partial charge in [-0.1, -0.05) is 6.07 Å². The van der Waals surface area contributed by atoms with Crippen molar-refractivity contribution in [2.75, 3.05) is 7.11 Å². The maximum absolute atomic E-state index is 12.7. The molecule has 2 rings (SSSR count). The minimum atomic E-state index is -4.45. The van der Waals surface area contributed by atoms with Gasteiger partial charge in [-0.05, 0) is 32.0 Å². The first kappa shape index (κ1) is 17.0. The highest BCUT2D eigenvalue weighted by Crippen LogP contribution is 2.33. The van der Waals surface area contributed by atoms with Gasteiger partial charge in [-0.25, -0.2) is 0 Å². The molecular formula is C15H16F3N3O2. The van der Waals surface area contributed by atoms with Crippen molar-refractivity contribution in [3.05, 3.63) is 41.7 Å². The SMILES string of the molecule is COc1cnc(Oc2cccc(C(F)(F)F)c2)nc1C(C)(C)N. The molecule has 0 atom stereocenters. The smallest absolute Gasteiger partial charge is 0.416 e. The van der Waals surface area contributed by atoms with Crippen LogP contribution in [0.4, 0.5) is 13.2 Å². The van der Waals surface area contributed by atoms with Crippen molar-refractivity contribution in [1.29, 1.82) is 0 Å². The standard InChI is InChI=1S/C15H16F3N3O2/c1-14(2,19)12-11(22-3)8-20-13(21-12)23-10-6-4-5-9(7-10)15(16,17)18/h4-8H,19H2,1-3H3. The fraction of sp³-hybridized carbons (Fsp3) is 0.333. The van der Waals surface area contributed by atoms with Crippen molar-refractivity contribution < 1.29 is 22.6 Å². The van der Waals surface area contributed by atoms with Crippen molar-refractivity contribution in [2.45, 2.75) is 25.6 Å². The highest BCUT2D eigenvalue weighted by Gasteiger charge is 2.30. The lowest BCUT2D eigenvalue weighted by Crippen LogP contribution is -2.30. The molecule has 0 unspecified atom stereocenters. The van der Waals surface area contributed by atoms with Crippen LogP contribution in [0.25, 0.3) is 0 Å². The summed E-state index contributed by atoms with van der Waals surface area (Å²) < 4.78 is 48.6. The van der Waals surface area contributed by atoms with Crippen LogP contribution in [-0.4, -0.2) is 17.1 Å². The minimum absolute atomic E-state index is 0.0224. The third kappa shape index (κ3) is 4.10. The topological polar surface area (TPSA) is 70.3 Å². The van der Waals surface area contributed by atoms with E-state index < -0.39 is 17.3 Å². The second kappa shape index (κ2) is 6.04. The van der Waals surface area contributed by atoms with Gasteiger partial charge >= 0.3 is 12.2 Å². The van der Waals surface area contributed by atoms with E-state index in [4.69, 9.17) is 15.2 Å². The third-order valence-corrected chi connectivity index (χ3v) is 2.93. The van der Waals surface area contributed by atoms with Crippen LogP contribution in [0.5, 0.6) is 17.5 Å². The number of ether oxygens (including phenoxy) is 2. The van der Waals surface area contributed by atoms with Crippen LogP contribution in [0, 0.1) is 0 Å². The van der Waals surface area contributed by atoms with E-state index in [2.05, 4.69) is 9.97 Å². The largest absolute Gasteiger partial charge is 0.493 e. The summed E-state index contributed by atoms with van der Waals surface area (Å²) in [6, 6.07) is 4.35. The maximum atomic E-state index is 12.7. The molecule has 0 saturated carbocycles. The van der Waals surface area contributed by atoms with E-state index in [0.717, 1.165) is 12.1 Å². The number of nitrogens with zero attached hydrogens (tertiary/aromatic N) is 2. The fourth-order valence-corrected chi connectivity index (χ4v) is 1.86. The number of aromatic nitrogens is 2. The molecule has 1 heterocycles. The average Bonchev–Trinajstić information content (AvgIpc) is 2.46. The molecule has 5 nitrogen and oxygen atoms in total. The molecule has 2 aromatic rings. The predicted octanol–water partition coefficient (Wildman–Crippen LogP) is 3.49. The molecule has 0 spiro atoms. The summed E-state index contributed by atoms with van der Waals surface area (Å²) in [5.74, 6) is 0.347. The Balaban J connectivity index is 2.34. The van der Waals surface area contributed by atoms with Crippen molar-refractivity contribution in [2.24, 2.45) is 5.73 Å². The van der Waals surface area contributed by atoms with E-state index in [1.807, 2.05) is 0 Å². The van der Waals surface area contributed by atoms with E-state index >= 15 is 0 Å². The molecule has 124 valence electrons. The third-order valence-electron chi connectivity index (χ3n) is 2.93. The summed E-state index contributed by atoms with van der Waals surface area (Å²) >= 11 is 0. The number of hydrogen-bond donors (Lipinski definition) is 1. The Hall–Kier alpha value is -2.35. The van der Waals surface area contributed by atoms with Gasteiger partial charge in [0.05, 0.1) is 24.4 Å². The Morgan fingerprint density at radius 2 is 1.87 bits per heavy atom. The lowest BCUT2D eigenvalue weighted by molar-refractivity contribution is -0.137. The van der Waals surface area contributed by atoms with Crippen molar-refractivity contribution in [1.82, 2.24) is 9.97 Å². The van der Waals surface area contributed by atoms with Crippen molar-refractivity contribution >= 4 is 0 Å². The second-order valence-corrected chi connectivity index (χ2v) is 5.42. The van der Waals surface area contributed by atoms with Crippen LogP contribution in [-0.2, 0) is 11.7 Å². The van der Waals surface area contributed by atoms with Gasteiger partial charge in [-0.15, -0.1) is 0 Å². The first-order valence-electron chi connectivity index (χ1n) is 6.67. The van der Waals surface area contributed by atoms with Crippen LogP contribution >= 0.6 is 0 Å². The lowest BCUT2D eigenvalue weighted by Gasteiger charge is -2.20. The number of rotatable bonds is 4. The van der Waals surface area contributed by atoms with Gasteiger partial charge in [-0.3, -0.25) is 0 Å².